The van der Waals surface area contributed by atoms with Crippen LogP contribution in [0.5, 0.6) is 11.5 Å². The number of carbonyl (C=O) groups is 3. The maximum Gasteiger partial charge on any atom is 0.336 e. The van der Waals surface area contributed by atoms with E-state index in [9.17, 15) is 14.4 Å². The van der Waals surface area contributed by atoms with Crippen LogP contribution in [0.1, 0.15) is 36.8 Å². The van der Waals surface area contributed by atoms with E-state index in [1.54, 1.807) is 14.2 Å². The molecular formula is C26H36N4O10. The van der Waals surface area contributed by atoms with Crippen molar-refractivity contribution in [3.05, 3.63) is 41.7 Å². The first-order valence-electron chi connectivity index (χ1n) is 12.4. The van der Waals surface area contributed by atoms with Crippen molar-refractivity contribution in [3.8, 4) is 11.5 Å². The van der Waals surface area contributed by atoms with Gasteiger partial charge in [-0.2, -0.15) is 0 Å². The van der Waals surface area contributed by atoms with Crippen molar-refractivity contribution in [1.29, 1.82) is 0 Å². The Kier molecular flexibility index (Phi) is 12.5. The molecule has 1 aromatic heterocycles. The lowest BCUT2D eigenvalue weighted by molar-refractivity contribution is -0.170. The van der Waals surface area contributed by atoms with E-state index in [0.29, 0.717) is 5.95 Å². The van der Waals surface area contributed by atoms with Gasteiger partial charge in [0.05, 0.1) is 33.2 Å². The summed E-state index contributed by atoms with van der Waals surface area (Å²) in [5.74, 6) is -2.91. The molecular weight excluding hydrogens is 528 g/mol. The number of benzene rings is 1. The van der Waals surface area contributed by atoms with E-state index in [4.69, 9.17) is 34.6 Å². The van der Waals surface area contributed by atoms with E-state index in [1.165, 1.54) is 5.56 Å². The molecule has 40 heavy (non-hydrogen) atoms. The summed E-state index contributed by atoms with van der Waals surface area (Å²) in [6.45, 7) is 3.28. The van der Waals surface area contributed by atoms with Gasteiger partial charge in [-0.25, -0.2) is 14.8 Å². The Morgan fingerprint density at radius 3 is 2.10 bits per heavy atom. The van der Waals surface area contributed by atoms with Crippen molar-refractivity contribution in [2.75, 3.05) is 39.7 Å². The van der Waals surface area contributed by atoms with Crippen LogP contribution in [0.15, 0.2) is 30.6 Å². The van der Waals surface area contributed by atoms with Gasteiger partial charge in [-0.3, -0.25) is 14.5 Å². The predicted molar refractivity (Wildman–Crippen MR) is 141 cm³/mol. The van der Waals surface area contributed by atoms with Gasteiger partial charge in [-0.05, 0) is 30.5 Å². The van der Waals surface area contributed by atoms with Gasteiger partial charge in [0, 0.05) is 51.2 Å². The van der Waals surface area contributed by atoms with Crippen molar-refractivity contribution >= 4 is 23.9 Å². The molecule has 1 aliphatic rings. The van der Waals surface area contributed by atoms with Crippen molar-refractivity contribution in [2.24, 2.45) is 0 Å². The fraction of sp³-hybridized carbons (Fsp3) is 0.500. The zero-order valence-corrected chi connectivity index (χ0v) is 22.7. The van der Waals surface area contributed by atoms with Crippen LogP contribution >= 0.6 is 0 Å². The summed E-state index contributed by atoms with van der Waals surface area (Å²) >= 11 is 0. The highest BCUT2D eigenvalue weighted by atomic mass is 16.5. The Morgan fingerprint density at radius 1 is 1.02 bits per heavy atom. The van der Waals surface area contributed by atoms with Crippen molar-refractivity contribution in [2.45, 2.75) is 50.5 Å². The lowest BCUT2D eigenvalue weighted by atomic mass is 9.96. The molecule has 0 radical (unpaired) electrons. The summed E-state index contributed by atoms with van der Waals surface area (Å²) in [4.78, 5) is 41.5. The molecule has 220 valence electrons. The minimum absolute atomic E-state index is 0.280. The third-order valence-electron chi connectivity index (χ3n) is 5.96. The van der Waals surface area contributed by atoms with E-state index in [0.717, 1.165) is 56.1 Å². The first-order chi connectivity index (χ1) is 19.0. The first kappa shape index (κ1) is 32.2. The molecule has 0 bridgehead atoms. The summed E-state index contributed by atoms with van der Waals surface area (Å²) in [5, 5.41) is 36.8. The molecule has 3 rings (SSSR count). The molecule has 1 aliphatic heterocycles. The van der Waals surface area contributed by atoms with Crippen molar-refractivity contribution in [3.63, 3.8) is 0 Å². The van der Waals surface area contributed by atoms with Crippen LogP contribution in [0.3, 0.4) is 0 Å². The van der Waals surface area contributed by atoms with Gasteiger partial charge in [0.15, 0.2) is 17.1 Å². The van der Waals surface area contributed by atoms with Gasteiger partial charge < -0.3 is 40.0 Å². The molecule has 0 amide bonds. The molecule has 5 N–H and O–H groups in total. The number of nitrogens with zero attached hydrogens (tertiary/aromatic N) is 3. The molecule has 0 spiro atoms. The summed E-state index contributed by atoms with van der Waals surface area (Å²) in [6, 6.07) is 6.05. The summed E-state index contributed by atoms with van der Waals surface area (Å²) in [7, 11) is 5.12. The van der Waals surface area contributed by atoms with Gasteiger partial charge in [0.1, 0.15) is 0 Å². The number of carboxylic acids is 3. The summed E-state index contributed by atoms with van der Waals surface area (Å²) in [5.41, 5.74) is -0.497. The highest BCUT2D eigenvalue weighted by Gasteiger charge is 2.40. The Morgan fingerprint density at radius 2 is 1.62 bits per heavy atom. The standard InChI is InChI=1S/C20H28N4O3.C6H8O7/c1-21-20-22-10-16(11-23-20)13-24(14-17-5-4-8-27-17)12-15-6-7-18(25-2)19(9-15)26-3;7-3(8)1-6(13,5(11)12)2-4(9)10/h6-7,9-11,17H,4-5,8,12-14H2,1-3H3,(H,21,22,23);13H,1-2H2,(H,7,8)(H,9,10)(H,11,12). The molecule has 2 heterocycles. The van der Waals surface area contributed by atoms with Gasteiger partial charge in [0.2, 0.25) is 5.95 Å². The molecule has 1 saturated heterocycles. The topological polar surface area (TPSA) is 201 Å². The third kappa shape index (κ3) is 10.3. The van der Waals surface area contributed by atoms with Crippen molar-refractivity contribution in [1.82, 2.24) is 14.9 Å². The van der Waals surface area contributed by atoms with E-state index < -0.39 is 36.4 Å². The number of carboxylic acid groups (broad SMARTS) is 3. The average Bonchev–Trinajstić information content (AvgIpc) is 3.41. The maximum atomic E-state index is 10.3. The smallest absolute Gasteiger partial charge is 0.336 e. The number of anilines is 1. The SMILES string of the molecule is CNc1ncc(CN(Cc2ccc(OC)c(OC)c2)CC2CCCO2)cn1.O=C(O)CC(O)(CC(=O)O)C(=O)O. The molecule has 0 aliphatic carbocycles. The van der Waals surface area contributed by atoms with E-state index >= 15 is 0 Å². The second-order valence-corrected chi connectivity index (χ2v) is 9.14. The number of hydrogen-bond acceptors (Lipinski definition) is 11. The predicted octanol–water partition coefficient (Wildman–Crippen LogP) is 1.47. The number of ether oxygens (including phenoxy) is 3. The number of methoxy groups -OCH3 is 2. The molecule has 1 aromatic carbocycles. The normalized spacial score (nSPS) is 14.7. The lowest BCUT2D eigenvalue weighted by Crippen LogP contribution is -2.42. The maximum absolute atomic E-state index is 10.3. The molecule has 14 nitrogen and oxygen atoms in total. The fourth-order valence-electron chi connectivity index (χ4n) is 4.04. The number of aliphatic carboxylic acids is 3. The van der Waals surface area contributed by atoms with Gasteiger partial charge in [-0.1, -0.05) is 6.07 Å². The largest absolute Gasteiger partial charge is 0.493 e. The molecule has 1 fully saturated rings. The monoisotopic (exact) mass is 564 g/mol. The van der Waals surface area contributed by atoms with Crippen LogP contribution < -0.4 is 14.8 Å². The van der Waals surface area contributed by atoms with Crippen LogP contribution in [-0.2, 0) is 32.2 Å². The number of hydrogen-bond donors (Lipinski definition) is 5. The van der Waals surface area contributed by atoms with Crippen LogP contribution in [0.25, 0.3) is 0 Å². The zero-order chi connectivity index (χ0) is 29.7. The van der Waals surface area contributed by atoms with Gasteiger partial charge in [0.25, 0.3) is 0 Å². The van der Waals surface area contributed by atoms with Crippen LogP contribution in [0, 0.1) is 0 Å². The number of nitrogens with one attached hydrogen (secondary N) is 1. The molecule has 14 heteroatoms. The second-order valence-electron chi connectivity index (χ2n) is 9.14. The molecule has 1 atom stereocenters. The molecule has 0 saturated carbocycles. The highest BCUT2D eigenvalue weighted by molar-refractivity contribution is 5.88. The van der Waals surface area contributed by atoms with Crippen LogP contribution in [0.2, 0.25) is 0 Å². The number of aliphatic hydroxyl groups is 1. The first-order valence-corrected chi connectivity index (χ1v) is 12.4. The molecule has 2 aromatic rings. The highest BCUT2D eigenvalue weighted by Crippen LogP contribution is 2.28. The minimum atomic E-state index is -2.74. The Labute approximate surface area is 231 Å². The van der Waals surface area contributed by atoms with Crippen LogP contribution in [0.4, 0.5) is 5.95 Å². The van der Waals surface area contributed by atoms with Gasteiger partial charge in [-0.15, -0.1) is 0 Å². The number of rotatable bonds is 14. The zero-order valence-electron chi connectivity index (χ0n) is 22.7. The van der Waals surface area contributed by atoms with E-state index in [2.05, 4.69) is 26.3 Å². The second kappa shape index (κ2) is 15.5. The van der Waals surface area contributed by atoms with E-state index in [1.807, 2.05) is 31.6 Å². The quantitative estimate of drug-likeness (QED) is 0.221. The molecule has 1 unspecified atom stereocenters. The summed E-state index contributed by atoms with van der Waals surface area (Å²) < 4.78 is 16.6. The fourth-order valence-corrected chi connectivity index (χ4v) is 4.04. The van der Waals surface area contributed by atoms with Crippen molar-refractivity contribution < 1.29 is 49.0 Å². The Hall–Kier alpha value is -4.01. The summed E-state index contributed by atoms with van der Waals surface area (Å²) in [6.07, 6.45) is 3.98. The lowest BCUT2D eigenvalue weighted by Gasteiger charge is -2.25. The van der Waals surface area contributed by atoms with Gasteiger partial charge >= 0.3 is 17.9 Å². The average molecular weight is 565 g/mol. The number of aromatic nitrogens is 2. The van der Waals surface area contributed by atoms with Crippen LogP contribution in [-0.4, -0.2) is 99.3 Å². The minimum Gasteiger partial charge on any atom is -0.493 e. The van der Waals surface area contributed by atoms with E-state index in [-0.39, 0.29) is 6.10 Å². The Bertz CT molecular complexity index is 1110. The third-order valence-corrected chi connectivity index (χ3v) is 5.96. The Balaban J connectivity index is 0.000000366.